The normalized spacial score (nSPS) is 11.1. The summed E-state index contributed by atoms with van der Waals surface area (Å²) < 4.78 is 15.0. The molecule has 4 rings (SSSR count). The molecule has 0 saturated heterocycles. The third-order valence-corrected chi connectivity index (χ3v) is 4.35. The van der Waals surface area contributed by atoms with Crippen LogP contribution in [0.3, 0.4) is 0 Å². The van der Waals surface area contributed by atoms with Crippen molar-refractivity contribution in [3.05, 3.63) is 71.6 Å². The Morgan fingerprint density at radius 3 is 2.52 bits per heavy atom. The number of phenols is 1. The van der Waals surface area contributed by atoms with Gasteiger partial charge in [-0.2, -0.15) is 5.10 Å². The summed E-state index contributed by atoms with van der Waals surface area (Å²) in [4.78, 5) is 0. The van der Waals surface area contributed by atoms with Crippen molar-refractivity contribution in [2.75, 3.05) is 5.73 Å². The van der Waals surface area contributed by atoms with Gasteiger partial charge >= 0.3 is 0 Å². The van der Waals surface area contributed by atoms with Crippen LogP contribution < -0.4 is 5.73 Å². The first-order valence-electron chi connectivity index (χ1n) is 7.55. The molecule has 0 fully saturated rings. The van der Waals surface area contributed by atoms with E-state index in [-0.39, 0.29) is 5.75 Å². The first-order valence-corrected chi connectivity index (χ1v) is 7.93. The second-order valence-corrected chi connectivity index (χ2v) is 6.11. The molecule has 3 N–H and O–H groups in total. The fourth-order valence-electron chi connectivity index (χ4n) is 2.79. The van der Waals surface area contributed by atoms with Crippen LogP contribution in [0.25, 0.3) is 27.7 Å². The fourth-order valence-corrected chi connectivity index (χ4v) is 3.06. The number of halogens is 2. The molecule has 124 valence electrons. The molecule has 1 heterocycles. The molecule has 0 amide bonds. The zero-order valence-electron chi connectivity index (χ0n) is 12.9. The smallest absolute Gasteiger partial charge is 0.164 e. The molecule has 0 aliphatic heterocycles. The first kappa shape index (κ1) is 15.5. The SMILES string of the molecule is Nc1ccc(-n2ncc3cc(-c4ccc(F)c(O)c4)ccc32)c(Cl)c1. The number of aromatic hydroxyl groups is 1. The van der Waals surface area contributed by atoms with Crippen molar-refractivity contribution in [2.45, 2.75) is 0 Å². The van der Waals surface area contributed by atoms with E-state index >= 15 is 0 Å². The summed E-state index contributed by atoms with van der Waals surface area (Å²) in [5.74, 6) is -1.02. The second kappa shape index (κ2) is 5.79. The van der Waals surface area contributed by atoms with Crippen molar-refractivity contribution >= 4 is 28.2 Å². The number of hydrogen-bond acceptors (Lipinski definition) is 3. The van der Waals surface area contributed by atoms with Crippen LogP contribution in [0, 0.1) is 5.82 Å². The minimum atomic E-state index is -0.643. The van der Waals surface area contributed by atoms with E-state index in [1.165, 1.54) is 12.1 Å². The number of nitrogens with two attached hydrogens (primary N) is 1. The topological polar surface area (TPSA) is 64.1 Å². The Hall–Kier alpha value is -3.05. The highest BCUT2D eigenvalue weighted by Crippen LogP contribution is 2.30. The Balaban J connectivity index is 1.82. The number of nitrogens with zero attached hydrogens (tertiary/aromatic N) is 2. The molecule has 3 aromatic carbocycles. The van der Waals surface area contributed by atoms with Crippen LogP contribution in [0.15, 0.2) is 60.8 Å². The van der Waals surface area contributed by atoms with Gasteiger partial charge in [0.1, 0.15) is 0 Å². The summed E-state index contributed by atoms with van der Waals surface area (Å²) in [6.07, 6.45) is 1.73. The Labute approximate surface area is 147 Å². The number of anilines is 1. The van der Waals surface area contributed by atoms with Crippen molar-refractivity contribution in [1.82, 2.24) is 9.78 Å². The number of aromatic nitrogens is 2. The summed E-state index contributed by atoms with van der Waals surface area (Å²) >= 11 is 6.28. The number of nitrogen functional groups attached to an aromatic ring is 1. The zero-order valence-corrected chi connectivity index (χ0v) is 13.7. The van der Waals surface area contributed by atoms with E-state index in [0.717, 1.165) is 27.7 Å². The highest BCUT2D eigenvalue weighted by molar-refractivity contribution is 6.32. The van der Waals surface area contributed by atoms with Crippen LogP contribution in [0.2, 0.25) is 5.02 Å². The Kier molecular flexibility index (Phi) is 3.58. The zero-order chi connectivity index (χ0) is 17.6. The predicted octanol–water partition coefficient (Wildman–Crippen LogP) is 4.77. The quantitative estimate of drug-likeness (QED) is 0.510. The molecule has 1 aromatic heterocycles. The maximum absolute atomic E-state index is 13.2. The summed E-state index contributed by atoms with van der Waals surface area (Å²) in [7, 11) is 0. The van der Waals surface area contributed by atoms with E-state index in [1.54, 1.807) is 29.1 Å². The van der Waals surface area contributed by atoms with E-state index in [2.05, 4.69) is 5.10 Å². The molecular formula is C19H13ClFN3O. The van der Waals surface area contributed by atoms with Crippen molar-refractivity contribution in [1.29, 1.82) is 0 Å². The molecule has 0 radical (unpaired) electrons. The largest absolute Gasteiger partial charge is 0.505 e. The minimum absolute atomic E-state index is 0.373. The van der Waals surface area contributed by atoms with Crippen LogP contribution in [-0.2, 0) is 0 Å². The molecule has 0 spiro atoms. The summed E-state index contributed by atoms with van der Waals surface area (Å²) in [6, 6.07) is 15.3. The lowest BCUT2D eigenvalue weighted by atomic mass is 10.0. The third-order valence-electron chi connectivity index (χ3n) is 4.05. The van der Waals surface area contributed by atoms with E-state index in [9.17, 15) is 9.50 Å². The van der Waals surface area contributed by atoms with Crippen LogP contribution in [0.5, 0.6) is 5.75 Å². The average Bonchev–Trinajstić information content (AvgIpc) is 3.00. The molecule has 0 aliphatic rings. The van der Waals surface area contributed by atoms with Gasteiger partial charge in [-0.3, -0.25) is 0 Å². The van der Waals surface area contributed by atoms with Crippen LogP contribution in [-0.4, -0.2) is 14.9 Å². The number of benzene rings is 3. The van der Waals surface area contributed by atoms with E-state index in [1.807, 2.05) is 24.3 Å². The van der Waals surface area contributed by atoms with Gasteiger partial charge in [0, 0.05) is 11.1 Å². The highest BCUT2D eigenvalue weighted by Gasteiger charge is 2.11. The molecule has 0 bridgehead atoms. The van der Waals surface area contributed by atoms with E-state index < -0.39 is 5.82 Å². The molecule has 4 nitrogen and oxygen atoms in total. The standard InChI is InChI=1S/C19H13ClFN3O/c20-15-9-14(22)3-6-18(15)24-17-5-2-11(7-13(17)10-23-24)12-1-4-16(21)19(25)8-12/h1-10,25H,22H2. The van der Waals surface area contributed by atoms with Gasteiger partial charge in [0.15, 0.2) is 11.6 Å². The van der Waals surface area contributed by atoms with Crippen molar-refractivity contribution in [2.24, 2.45) is 0 Å². The van der Waals surface area contributed by atoms with Crippen molar-refractivity contribution < 1.29 is 9.50 Å². The highest BCUT2D eigenvalue weighted by atomic mass is 35.5. The Bertz CT molecular complexity index is 1110. The van der Waals surface area contributed by atoms with Gasteiger partial charge in [0.2, 0.25) is 0 Å². The maximum Gasteiger partial charge on any atom is 0.164 e. The molecule has 0 aliphatic carbocycles. The van der Waals surface area contributed by atoms with E-state index in [0.29, 0.717) is 10.7 Å². The van der Waals surface area contributed by atoms with Gasteiger partial charge in [-0.15, -0.1) is 0 Å². The monoisotopic (exact) mass is 353 g/mol. The fraction of sp³-hybridized carbons (Fsp3) is 0. The number of hydrogen-bond donors (Lipinski definition) is 2. The number of phenolic OH excluding ortho intramolecular Hbond substituents is 1. The van der Waals surface area contributed by atoms with Gasteiger partial charge < -0.3 is 10.8 Å². The van der Waals surface area contributed by atoms with Gasteiger partial charge in [0.25, 0.3) is 0 Å². The van der Waals surface area contributed by atoms with Gasteiger partial charge in [-0.1, -0.05) is 23.7 Å². The van der Waals surface area contributed by atoms with Crippen molar-refractivity contribution in [3.8, 4) is 22.6 Å². The summed E-state index contributed by atoms with van der Waals surface area (Å²) in [5.41, 5.74) is 9.51. The lowest BCUT2D eigenvalue weighted by Gasteiger charge is -2.08. The molecular weight excluding hydrogens is 341 g/mol. The lowest BCUT2D eigenvalue weighted by Crippen LogP contribution is -1.98. The molecule has 4 aromatic rings. The third kappa shape index (κ3) is 2.68. The Morgan fingerprint density at radius 2 is 1.76 bits per heavy atom. The summed E-state index contributed by atoms with van der Waals surface area (Å²) in [5, 5.41) is 15.4. The van der Waals surface area contributed by atoms with Crippen LogP contribution in [0.1, 0.15) is 0 Å². The van der Waals surface area contributed by atoms with Gasteiger partial charge in [0.05, 0.1) is 22.4 Å². The van der Waals surface area contributed by atoms with Gasteiger partial charge in [-0.05, 0) is 53.6 Å². The molecule has 0 saturated carbocycles. The van der Waals surface area contributed by atoms with Gasteiger partial charge in [-0.25, -0.2) is 9.07 Å². The average molecular weight is 354 g/mol. The lowest BCUT2D eigenvalue weighted by molar-refractivity contribution is 0.433. The first-order chi connectivity index (χ1) is 12.0. The minimum Gasteiger partial charge on any atom is -0.505 e. The van der Waals surface area contributed by atoms with Crippen LogP contribution >= 0.6 is 11.6 Å². The van der Waals surface area contributed by atoms with Crippen LogP contribution in [0.4, 0.5) is 10.1 Å². The molecule has 25 heavy (non-hydrogen) atoms. The second-order valence-electron chi connectivity index (χ2n) is 5.71. The molecule has 0 atom stereocenters. The van der Waals surface area contributed by atoms with Crippen molar-refractivity contribution in [3.63, 3.8) is 0 Å². The molecule has 0 unspecified atom stereocenters. The number of rotatable bonds is 2. The predicted molar refractivity (Wildman–Crippen MR) is 97.6 cm³/mol. The number of fused-ring (bicyclic) bond motifs is 1. The van der Waals surface area contributed by atoms with E-state index in [4.69, 9.17) is 17.3 Å². The maximum atomic E-state index is 13.2. The Morgan fingerprint density at radius 1 is 1.00 bits per heavy atom. The molecule has 6 heteroatoms. The summed E-state index contributed by atoms with van der Waals surface area (Å²) in [6.45, 7) is 0.